The van der Waals surface area contributed by atoms with Gasteiger partial charge in [-0.05, 0) is 66.6 Å². The Kier molecular flexibility index (Phi) is 3.35. The van der Waals surface area contributed by atoms with Gasteiger partial charge in [0.1, 0.15) is 5.82 Å². The third-order valence-electron chi connectivity index (χ3n) is 5.09. The average Bonchev–Trinajstić information content (AvgIpc) is 2.81. The molecule has 2 aliphatic rings. The molecule has 0 aromatic heterocycles. The lowest BCUT2D eigenvalue weighted by atomic mass is 9.68. The summed E-state index contributed by atoms with van der Waals surface area (Å²) in [5.41, 5.74) is 5.34. The van der Waals surface area contributed by atoms with Gasteiger partial charge < -0.3 is 0 Å². The largest absolute Gasteiger partial charge is 0.207 e. The van der Waals surface area contributed by atoms with Crippen LogP contribution in [-0.4, -0.2) is 5.71 Å². The maximum Gasteiger partial charge on any atom is 0.205 e. The number of benzene rings is 2. The predicted molar refractivity (Wildman–Crippen MR) is 90.9 cm³/mol. The Morgan fingerprint density at radius 2 is 1.87 bits per heavy atom. The van der Waals surface area contributed by atoms with Gasteiger partial charge in [-0.15, -0.1) is 0 Å². The molecule has 1 spiro atoms. The van der Waals surface area contributed by atoms with Crippen LogP contribution in [0, 0.1) is 22.7 Å². The van der Waals surface area contributed by atoms with Crippen LogP contribution in [0.5, 0.6) is 0 Å². The number of rotatable bonds is 0. The first-order valence-electron chi connectivity index (χ1n) is 7.65. The molecule has 2 aromatic carbocycles. The molecular formula is C19H14BrFN2. The van der Waals surface area contributed by atoms with Crippen LogP contribution in [0.4, 0.5) is 4.39 Å². The van der Waals surface area contributed by atoms with Gasteiger partial charge >= 0.3 is 0 Å². The van der Waals surface area contributed by atoms with E-state index in [9.17, 15) is 4.39 Å². The van der Waals surface area contributed by atoms with Crippen LogP contribution in [0.15, 0.2) is 45.9 Å². The molecule has 0 N–H and O–H groups in total. The van der Waals surface area contributed by atoms with Crippen molar-refractivity contribution >= 4 is 21.6 Å². The minimum absolute atomic E-state index is 0.135. The molecule has 1 atom stereocenters. The topological polar surface area (TPSA) is 36.1 Å². The molecule has 0 bridgehead atoms. The van der Waals surface area contributed by atoms with E-state index in [0.717, 1.165) is 47.0 Å². The van der Waals surface area contributed by atoms with Gasteiger partial charge in [0.15, 0.2) is 0 Å². The Morgan fingerprint density at radius 3 is 2.70 bits per heavy atom. The highest BCUT2D eigenvalue weighted by molar-refractivity contribution is 9.10. The highest BCUT2D eigenvalue weighted by atomic mass is 79.9. The molecule has 4 heteroatoms. The number of fused-ring (bicyclic) bond motifs is 2. The molecule has 2 nitrogen and oxygen atoms in total. The van der Waals surface area contributed by atoms with E-state index in [-0.39, 0.29) is 11.2 Å². The van der Waals surface area contributed by atoms with E-state index in [1.165, 1.54) is 17.2 Å². The number of nitrogens with zero attached hydrogens (tertiary/aromatic N) is 2. The van der Waals surface area contributed by atoms with E-state index in [4.69, 9.17) is 5.26 Å². The molecule has 2 aromatic rings. The summed E-state index contributed by atoms with van der Waals surface area (Å²) < 4.78 is 14.4. The lowest BCUT2D eigenvalue weighted by Crippen LogP contribution is -2.35. The summed E-state index contributed by atoms with van der Waals surface area (Å²) in [7, 11) is 0. The van der Waals surface area contributed by atoms with Crippen molar-refractivity contribution in [1.29, 1.82) is 5.26 Å². The van der Waals surface area contributed by atoms with Gasteiger partial charge in [-0.1, -0.05) is 28.1 Å². The monoisotopic (exact) mass is 368 g/mol. The van der Waals surface area contributed by atoms with Gasteiger partial charge in [-0.25, -0.2) is 4.39 Å². The van der Waals surface area contributed by atoms with Crippen LogP contribution in [0.25, 0.3) is 0 Å². The fourth-order valence-corrected chi connectivity index (χ4v) is 4.43. The Hall–Kier alpha value is -1.99. The van der Waals surface area contributed by atoms with E-state index >= 15 is 0 Å². The van der Waals surface area contributed by atoms with Gasteiger partial charge in [-0.3, -0.25) is 0 Å². The zero-order valence-electron chi connectivity index (χ0n) is 12.4. The number of aliphatic imine (C=N–C) groups is 1. The molecule has 0 radical (unpaired) electrons. The Balaban J connectivity index is 1.82. The maximum atomic E-state index is 13.4. The van der Waals surface area contributed by atoms with Crippen LogP contribution >= 0.6 is 15.9 Å². The predicted octanol–water partition coefficient (Wildman–Crippen LogP) is 4.59. The Bertz CT molecular complexity index is 881. The maximum absolute atomic E-state index is 13.4. The molecule has 0 fully saturated rings. The fraction of sp³-hybridized carbons (Fsp3) is 0.263. The van der Waals surface area contributed by atoms with E-state index in [1.54, 1.807) is 6.07 Å². The van der Waals surface area contributed by atoms with Gasteiger partial charge in [0.05, 0.1) is 5.71 Å². The van der Waals surface area contributed by atoms with Gasteiger partial charge in [0.2, 0.25) is 6.19 Å². The van der Waals surface area contributed by atoms with Crippen LogP contribution in [0.3, 0.4) is 0 Å². The zero-order valence-corrected chi connectivity index (χ0v) is 14.0. The summed E-state index contributed by atoms with van der Waals surface area (Å²) in [5.74, 6) is -0.177. The second-order valence-electron chi connectivity index (χ2n) is 6.41. The van der Waals surface area contributed by atoms with Gasteiger partial charge in [-0.2, -0.15) is 10.3 Å². The third kappa shape index (κ3) is 2.31. The third-order valence-corrected chi connectivity index (χ3v) is 5.58. The summed E-state index contributed by atoms with van der Waals surface area (Å²) in [6.45, 7) is 0. The van der Waals surface area contributed by atoms with Crippen molar-refractivity contribution < 1.29 is 4.39 Å². The zero-order chi connectivity index (χ0) is 16.0. The quantitative estimate of drug-likeness (QED) is 0.626. The highest BCUT2D eigenvalue weighted by Crippen LogP contribution is 2.47. The normalized spacial score (nSPS) is 23.6. The van der Waals surface area contributed by atoms with Crippen molar-refractivity contribution in [2.75, 3.05) is 0 Å². The van der Waals surface area contributed by atoms with Crippen molar-refractivity contribution in [2.45, 2.75) is 25.7 Å². The van der Waals surface area contributed by atoms with Crippen molar-refractivity contribution in [1.82, 2.24) is 0 Å². The van der Waals surface area contributed by atoms with Crippen LogP contribution in [0.1, 0.15) is 28.7 Å². The molecule has 0 saturated heterocycles. The average molecular weight is 369 g/mol. The van der Waals surface area contributed by atoms with Crippen LogP contribution in [-0.2, 0) is 19.3 Å². The smallest absolute Gasteiger partial charge is 0.205 e. The SMILES string of the molecule is N#CN=C1c2cc(Br)ccc2CC12CCc1cc(F)ccc1C2. The molecule has 0 saturated carbocycles. The molecule has 2 aliphatic carbocycles. The van der Waals surface area contributed by atoms with Crippen molar-refractivity contribution in [2.24, 2.45) is 10.4 Å². The number of halogens is 2. The molecule has 1 unspecified atom stereocenters. The lowest BCUT2D eigenvalue weighted by Gasteiger charge is -2.35. The molecule has 0 aliphatic heterocycles. The van der Waals surface area contributed by atoms with Crippen molar-refractivity contribution in [3.63, 3.8) is 0 Å². The van der Waals surface area contributed by atoms with E-state index in [0.29, 0.717) is 0 Å². The second kappa shape index (κ2) is 5.28. The van der Waals surface area contributed by atoms with Crippen molar-refractivity contribution in [3.05, 3.63) is 68.9 Å². The van der Waals surface area contributed by atoms with Crippen LogP contribution < -0.4 is 0 Å². The van der Waals surface area contributed by atoms with E-state index in [1.807, 2.05) is 18.3 Å². The summed E-state index contributed by atoms with van der Waals surface area (Å²) in [6.07, 6.45) is 5.42. The number of nitriles is 1. The Morgan fingerprint density at radius 1 is 1.09 bits per heavy atom. The summed E-state index contributed by atoms with van der Waals surface area (Å²) in [4.78, 5) is 4.20. The van der Waals surface area contributed by atoms with E-state index in [2.05, 4.69) is 33.1 Å². The summed E-state index contributed by atoms with van der Waals surface area (Å²) >= 11 is 3.51. The van der Waals surface area contributed by atoms with Crippen molar-refractivity contribution in [3.8, 4) is 6.19 Å². The molecule has 4 rings (SSSR count). The first-order valence-corrected chi connectivity index (χ1v) is 8.44. The number of hydrogen-bond acceptors (Lipinski definition) is 2. The molecule has 23 heavy (non-hydrogen) atoms. The first kappa shape index (κ1) is 14.6. The van der Waals surface area contributed by atoms with E-state index < -0.39 is 0 Å². The lowest BCUT2D eigenvalue weighted by molar-refractivity contribution is 0.371. The number of aryl methyl sites for hydroxylation is 1. The highest BCUT2D eigenvalue weighted by Gasteiger charge is 2.45. The van der Waals surface area contributed by atoms with Gasteiger partial charge in [0.25, 0.3) is 0 Å². The van der Waals surface area contributed by atoms with Crippen LogP contribution in [0.2, 0.25) is 0 Å². The Labute approximate surface area is 142 Å². The molecule has 114 valence electrons. The molecule has 0 amide bonds. The molecule has 0 heterocycles. The summed E-state index contributed by atoms with van der Waals surface area (Å²) in [6, 6.07) is 11.3. The standard InChI is InChI=1S/C19H14BrFN2/c20-15-3-1-14-10-19(18(23-11-22)17(14)8-15)6-5-12-7-16(21)4-2-13(12)9-19/h1-4,7-8H,5-6,9-10H2. The fourth-order valence-electron chi connectivity index (χ4n) is 4.07. The molecular weight excluding hydrogens is 355 g/mol. The minimum atomic E-state index is -0.177. The van der Waals surface area contributed by atoms with Gasteiger partial charge in [0, 0.05) is 15.5 Å². The summed E-state index contributed by atoms with van der Waals surface area (Å²) in [5, 5.41) is 9.17. The second-order valence-corrected chi connectivity index (χ2v) is 7.32. The minimum Gasteiger partial charge on any atom is -0.207 e. The number of hydrogen-bond donors (Lipinski definition) is 0. The first-order chi connectivity index (χ1) is 11.1.